The van der Waals surface area contributed by atoms with E-state index in [0.717, 1.165) is 12.8 Å². The lowest BCUT2D eigenvalue weighted by Crippen LogP contribution is -2.33. The molecule has 0 aromatic heterocycles. The van der Waals surface area contributed by atoms with E-state index in [0.29, 0.717) is 7.37 Å². The summed E-state index contributed by atoms with van der Waals surface area (Å²) in [4.78, 5) is 0. The molecule has 0 bridgehead atoms. The maximum Gasteiger partial charge on any atom is 0.441 e. The zero-order valence-electron chi connectivity index (χ0n) is 11.6. The average molecular weight is 242 g/mol. The molecule has 3 unspecified atom stereocenters. The van der Waals surface area contributed by atoms with Crippen LogP contribution in [0.15, 0.2) is 0 Å². The molecular formula is C11H24B2O4. The van der Waals surface area contributed by atoms with Crippen LogP contribution in [0.3, 0.4) is 0 Å². The van der Waals surface area contributed by atoms with E-state index in [4.69, 9.17) is 14.0 Å². The molecule has 1 rings (SSSR count). The van der Waals surface area contributed by atoms with Crippen LogP contribution in [0.4, 0.5) is 0 Å². The normalized spacial score (nSPS) is 26.9. The molecule has 4 nitrogen and oxygen atoms in total. The van der Waals surface area contributed by atoms with Crippen molar-refractivity contribution in [1.82, 2.24) is 0 Å². The third-order valence-corrected chi connectivity index (χ3v) is 3.28. The average Bonchev–Trinajstić information content (AvgIpc) is 2.47. The van der Waals surface area contributed by atoms with Gasteiger partial charge in [-0.2, -0.15) is 0 Å². The van der Waals surface area contributed by atoms with Crippen molar-refractivity contribution < 1.29 is 19.1 Å². The highest BCUT2D eigenvalue weighted by molar-refractivity contribution is 7.03. The summed E-state index contributed by atoms with van der Waals surface area (Å²) in [5.74, 6) is 0. The van der Waals surface area contributed by atoms with E-state index in [1.165, 1.54) is 0 Å². The van der Waals surface area contributed by atoms with Gasteiger partial charge in [0.15, 0.2) is 0 Å². The zero-order chi connectivity index (χ0) is 13.1. The van der Waals surface area contributed by atoms with Crippen LogP contribution in [0.2, 0.25) is 0 Å². The fourth-order valence-corrected chi connectivity index (χ4v) is 1.73. The second kappa shape index (κ2) is 6.23. The molecule has 3 atom stereocenters. The van der Waals surface area contributed by atoms with Crippen molar-refractivity contribution in [3.63, 3.8) is 0 Å². The first-order chi connectivity index (χ1) is 7.81. The molecular weight excluding hydrogens is 218 g/mol. The Hall–Kier alpha value is -0.0301. The van der Waals surface area contributed by atoms with Gasteiger partial charge in [0.2, 0.25) is 0 Å². The van der Waals surface area contributed by atoms with Gasteiger partial charge in [-0.05, 0) is 47.5 Å². The molecule has 0 aromatic carbocycles. The standard InChI is InChI=1S/C11H24B2O4/c1-8(14)6-7-9(2)15-12-13-16-10(3)11(4,5)17-13/h8-10,12,14H,6-7H2,1-5H3. The molecule has 6 heteroatoms. The number of aliphatic hydroxyl groups is 1. The lowest BCUT2D eigenvalue weighted by atomic mass is 9.56. The quantitative estimate of drug-likeness (QED) is 0.708. The molecule has 17 heavy (non-hydrogen) atoms. The first-order valence-electron chi connectivity index (χ1n) is 6.44. The van der Waals surface area contributed by atoms with Crippen LogP contribution in [-0.4, -0.2) is 43.4 Å². The minimum absolute atomic E-state index is 0.0869. The zero-order valence-corrected chi connectivity index (χ0v) is 11.6. The molecule has 1 saturated heterocycles. The highest BCUT2D eigenvalue weighted by atomic mass is 16.7. The number of hydrogen-bond donors (Lipinski definition) is 1. The molecule has 0 saturated carbocycles. The number of hydrogen-bond acceptors (Lipinski definition) is 4. The summed E-state index contributed by atoms with van der Waals surface area (Å²) in [6, 6.07) is 0. The summed E-state index contributed by atoms with van der Waals surface area (Å²) in [6.45, 7) is 9.85. The van der Waals surface area contributed by atoms with Crippen LogP contribution in [0, 0.1) is 0 Å². The van der Waals surface area contributed by atoms with E-state index < -0.39 is 0 Å². The van der Waals surface area contributed by atoms with Gasteiger partial charge < -0.3 is 19.1 Å². The molecule has 98 valence electrons. The molecule has 0 radical (unpaired) electrons. The number of rotatable bonds is 6. The van der Waals surface area contributed by atoms with E-state index in [1.54, 1.807) is 6.92 Å². The van der Waals surface area contributed by atoms with Gasteiger partial charge >= 0.3 is 14.4 Å². The van der Waals surface area contributed by atoms with Gasteiger partial charge in [-0.25, -0.2) is 0 Å². The van der Waals surface area contributed by atoms with Gasteiger partial charge in [0.05, 0.1) is 17.8 Å². The second-order valence-corrected chi connectivity index (χ2v) is 5.50. The van der Waals surface area contributed by atoms with Gasteiger partial charge in [-0.15, -0.1) is 0 Å². The Morgan fingerprint density at radius 3 is 2.53 bits per heavy atom. The van der Waals surface area contributed by atoms with Gasteiger partial charge in [-0.1, -0.05) is 0 Å². The van der Waals surface area contributed by atoms with Gasteiger partial charge in [-0.3, -0.25) is 0 Å². The summed E-state index contributed by atoms with van der Waals surface area (Å²) >= 11 is 0. The molecule has 0 spiro atoms. The Balaban J connectivity index is 2.19. The highest BCUT2D eigenvalue weighted by Crippen LogP contribution is 2.26. The Kier molecular flexibility index (Phi) is 5.51. The summed E-state index contributed by atoms with van der Waals surface area (Å²) in [5, 5.41) is 9.18. The topological polar surface area (TPSA) is 47.9 Å². The summed E-state index contributed by atoms with van der Waals surface area (Å²) in [6.07, 6.45) is 1.55. The molecule has 1 aliphatic rings. The predicted octanol–water partition coefficient (Wildman–Crippen LogP) is 1.10. The largest absolute Gasteiger partial charge is 0.441 e. The molecule has 1 aliphatic heterocycles. The molecule has 0 aromatic rings. The molecule has 0 aliphatic carbocycles. The fraction of sp³-hybridized carbons (Fsp3) is 1.00. The molecule has 1 N–H and O–H groups in total. The monoisotopic (exact) mass is 242 g/mol. The van der Waals surface area contributed by atoms with Crippen molar-refractivity contribution in [2.75, 3.05) is 0 Å². The van der Waals surface area contributed by atoms with E-state index in [9.17, 15) is 5.11 Å². The predicted molar refractivity (Wildman–Crippen MR) is 70.1 cm³/mol. The maximum absolute atomic E-state index is 9.18. The third kappa shape index (κ3) is 5.00. The van der Waals surface area contributed by atoms with Crippen LogP contribution in [0.25, 0.3) is 0 Å². The fourth-order valence-electron chi connectivity index (χ4n) is 1.73. The van der Waals surface area contributed by atoms with Gasteiger partial charge in [0.1, 0.15) is 0 Å². The van der Waals surface area contributed by atoms with Crippen molar-refractivity contribution in [2.45, 2.75) is 71.4 Å². The summed E-state index contributed by atoms with van der Waals surface area (Å²) in [5.41, 5.74) is -0.239. The molecule has 0 amide bonds. The van der Waals surface area contributed by atoms with E-state index in [2.05, 4.69) is 0 Å². The van der Waals surface area contributed by atoms with Crippen molar-refractivity contribution in [1.29, 1.82) is 0 Å². The smallest absolute Gasteiger partial charge is 0.439 e. The van der Waals surface area contributed by atoms with Gasteiger partial charge in [0.25, 0.3) is 0 Å². The van der Waals surface area contributed by atoms with Crippen molar-refractivity contribution in [3.05, 3.63) is 0 Å². The summed E-state index contributed by atoms with van der Waals surface area (Å²) < 4.78 is 17.1. The summed E-state index contributed by atoms with van der Waals surface area (Å²) in [7, 11) is 0.184. The van der Waals surface area contributed by atoms with Crippen LogP contribution in [0.5, 0.6) is 0 Å². The minimum Gasteiger partial charge on any atom is -0.439 e. The van der Waals surface area contributed by atoms with Gasteiger partial charge in [0, 0.05) is 6.10 Å². The van der Waals surface area contributed by atoms with Crippen LogP contribution < -0.4 is 0 Å². The highest BCUT2D eigenvalue weighted by Gasteiger charge is 2.43. The van der Waals surface area contributed by atoms with Crippen LogP contribution >= 0.6 is 0 Å². The Morgan fingerprint density at radius 1 is 1.41 bits per heavy atom. The Bertz CT molecular complexity index is 236. The molecule has 1 fully saturated rings. The van der Waals surface area contributed by atoms with E-state index >= 15 is 0 Å². The van der Waals surface area contributed by atoms with Crippen molar-refractivity contribution >= 4 is 14.4 Å². The minimum atomic E-state index is -0.269. The lowest BCUT2D eigenvalue weighted by molar-refractivity contribution is 0.0842. The van der Waals surface area contributed by atoms with Crippen molar-refractivity contribution in [2.24, 2.45) is 0 Å². The first-order valence-corrected chi connectivity index (χ1v) is 6.44. The van der Waals surface area contributed by atoms with Crippen molar-refractivity contribution in [3.8, 4) is 0 Å². The SMILES string of the molecule is CC(O)CCC(C)OBB1OC(C)C(C)(C)O1. The third-order valence-electron chi connectivity index (χ3n) is 3.28. The molecule has 1 heterocycles. The second-order valence-electron chi connectivity index (χ2n) is 5.50. The van der Waals surface area contributed by atoms with Crippen LogP contribution in [0.1, 0.15) is 47.5 Å². The van der Waals surface area contributed by atoms with E-state index in [1.807, 2.05) is 27.7 Å². The number of aliphatic hydroxyl groups excluding tert-OH is 1. The Morgan fingerprint density at radius 2 is 2.06 bits per heavy atom. The van der Waals surface area contributed by atoms with E-state index in [-0.39, 0.29) is 30.9 Å². The Labute approximate surface area is 105 Å². The first kappa shape index (κ1) is 15.0. The van der Waals surface area contributed by atoms with Crippen LogP contribution in [-0.2, 0) is 14.0 Å². The maximum atomic E-state index is 9.18. The lowest BCUT2D eigenvalue weighted by Gasteiger charge is -2.21.